The monoisotopic (exact) mass is 252 g/mol. The number of aliphatic hydroxyl groups is 1. The van der Waals surface area contributed by atoms with E-state index < -0.39 is 6.29 Å². The van der Waals surface area contributed by atoms with E-state index in [-0.39, 0.29) is 0 Å². The van der Waals surface area contributed by atoms with E-state index in [9.17, 15) is 5.11 Å². The molecule has 0 spiro atoms. The van der Waals surface area contributed by atoms with Crippen LogP contribution >= 0.6 is 11.6 Å². The van der Waals surface area contributed by atoms with Crippen LogP contribution in [0.4, 0.5) is 0 Å². The van der Waals surface area contributed by atoms with E-state index in [1.165, 1.54) is 7.11 Å². The summed E-state index contributed by atoms with van der Waals surface area (Å²) in [5, 5.41) is 9.98. The molecule has 0 aromatic carbocycles. The van der Waals surface area contributed by atoms with Gasteiger partial charge in [-0.15, -0.1) is 0 Å². The third-order valence-corrected chi connectivity index (χ3v) is 2.75. The highest BCUT2D eigenvalue weighted by Gasteiger charge is 2.09. The molecule has 1 unspecified atom stereocenters. The fourth-order valence-corrected chi connectivity index (χ4v) is 1.76. The maximum absolute atomic E-state index is 9.54. The van der Waals surface area contributed by atoms with Crippen LogP contribution in [0, 0.1) is 6.92 Å². The molecule has 0 fully saturated rings. The van der Waals surface area contributed by atoms with Crippen molar-refractivity contribution in [3.63, 3.8) is 0 Å². The lowest BCUT2D eigenvalue weighted by atomic mass is 10.2. The number of methoxy groups -OCH3 is 1. The molecular formula is C12H13ClN2O2. The molecule has 0 aliphatic carbocycles. The molecule has 2 aromatic heterocycles. The number of aromatic nitrogens is 2. The summed E-state index contributed by atoms with van der Waals surface area (Å²) < 4.78 is 6.72. The van der Waals surface area contributed by atoms with E-state index in [1.807, 2.05) is 17.7 Å². The van der Waals surface area contributed by atoms with Gasteiger partial charge in [0.2, 0.25) is 0 Å². The maximum atomic E-state index is 9.54. The van der Waals surface area contributed by atoms with Gasteiger partial charge in [0.1, 0.15) is 5.15 Å². The quantitative estimate of drug-likeness (QED) is 0.674. The summed E-state index contributed by atoms with van der Waals surface area (Å²) in [6.07, 6.45) is 4.45. The zero-order valence-electron chi connectivity index (χ0n) is 9.59. The number of halogens is 1. The van der Waals surface area contributed by atoms with Crippen molar-refractivity contribution in [2.45, 2.75) is 13.2 Å². The molecule has 90 valence electrons. The van der Waals surface area contributed by atoms with Crippen LogP contribution in [0.2, 0.25) is 5.15 Å². The number of nitrogens with zero attached hydrogens (tertiary/aromatic N) is 2. The smallest absolute Gasteiger partial charge is 0.182 e. The summed E-state index contributed by atoms with van der Waals surface area (Å²) in [6.45, 7) is 1.95. The molecule has 1 N–H and O–H groups in total. The van der Waals surface area contributed by atoms with Crippen molar-refractivity contribution in [1.82, 2.24) is 9.55 Å². The first-order valence-corrected chi connectivity index (χ1v) is 5.51. The Morgan fingerprint density at radius 2 is 2.29 bits per heavy atom. The van der Waals surface area contributed by atoms with Crippen molar-refractivity contribution in [3.05, 3.63) is 47.0 Å². The van der Waals surface area contributed by atoms with E-state index in [1.54, 1.807) is 24.5 Å². The Kier molecular flexibility index (Phi) is 3.47. The van der Waals surface area contributed by atoms with E-state index >= 15 is 0 Å². The SMILES string of the molecule is COC(O)c1ccn(-c2cc(Cl)ncc2C)c1. The minimum absolute atomic E-state index is 0.438. The predicted molar refractivity (Wildman–Crippen MR) is 65.3 cm³/mol. The van der Waals surface area contributed by atoms with Crippen LogP contribution in [0.5, 0.6) is 0 Å². The van der Waals surface area contributed by atoms with Gasteiger partial charge in [-0.1, -0.05) is 11.6 Å². The average Bonchev–Trinajstić information content (AvgIpc) is 2.80. The van der Waals surface area contributed by atoms with Crippen molar-refractivity contribution in [1.29, 1.82) is 0 Å². The number of hydrogen-bond acceptors (Lipinski definition) is 3. The molecule has 2 heterocycles. The van der Waals surface area contributed by atoms with Crippen LogP contribution < -0.4 is 0 Å². The van der Waals surface area contributed by atoms with Crippen LogP contribution in [0.3, 0.4) is 0 Å². The Labute approximate surface area is 104 Å². The molecule has 0 radical (unpaired) electrons. The van der Waals surface area contributed by atoms with Crippen LogP contribution in [0.1, 0.15) is 17.4 Å². The Bertz CT molecular complexity index is 525. The van der Waals surface area contributed by atoms with Crippen LogP contribution in [0.25, 0.3) is 5.69 Å². The number of hydrogen-bond donors (Lipinski definition) is 1. The molecule has 4 nitrogen and oxygen atoms in total. The number of aliphatic hydroxyl groups excluding tert-OH is 1. The summed E-state index contributed by atoms with van der Waals surface area (Å²) >= 11 is 5.86. The van der Waals surface area contributed by atoms with Crippen molar-refractivity contribution in [2.24, 2.45) is 0 Å². The molecule has 2 aromatic rings. The number of ether oxygens (including phenoxy) is 1. The highest BCUT2D eigenvalue weighted by molar-refractivity contribution is 6.29. The van der Waals surface area contributed by atoms with E-state index in [4.69, 9.17) is 16.3 Å². The molecule has 5 heteroatoms. The highest BCUT2D eigenvalue weighted by Crippen LogP contribution is 2.21. The van der Waals surface area contributed by atoms with Crippen LogP contribution in [0.15, 0.2) is 30.7 Å². The minimum Gasteiger partial charge on any atom is -0.364 e. The Hall–Kier alpha value is -1.36. The van der Waals surface area contributed by atoms with E-state index in [0.717, 1.165) is 11.3 Å². The zero-order chi connectivity index (χ0) is 12.4. The van der Waals surface area contributed by atoms with Gasteiger partial charge >= 0.3 is 0 Å². The molecular weight excluding hydrogens is 240 g/mol. The van der Waals surface area contributed by atoms with Gasteiger partial charge in [-0.2, -0.15) is 0 Å². The van der Waals surface area contributed by atoms with Crippen molar-refractivity contribution >= 4 is 11.6 Å². The molecule has 0 saturated carbocycles. The largest absolute Gasteiger partial charge is 0.364 e. The fourth-order valence-electron chi connectivity index (χ4n) is 1.61. The normalized spacial score (nSPS) is 12.7. The minimum atomic E-state index is -0.908. The van der Waals surface area contributed by atoms with Gasteiger partial charge in [0, 0.05) is 31.3 Å². The Morgan fingerprint density at radius 3 is 3.00 bits per heavy atom. The molecule has 0 amide bonds. The van der Waals surface area contributed by atoms with Gasteiger partial charge in [0.05, 0.1) is 5.69 Å². The fraction of sp³-hybridized carbons (Fsp3) is 0.250. The van der Waals surface area contributed by atoms with E-state index in [2.05, 4.69) is 4.98 Å². The summed E-state index contributed by atoms with van der Waals surface area (Å²) in [4.78, 5) is 4.00. The Balaban J connectivity index is 2.40. The molecule has 0 aliphatic heterocycles. The standard InChI is InChI=1S/C12H13ClN2O2/c1-8-6-14-11(13)5-10(8)15-4-3-9(7-15)12(16)17-2/h3-7,12,16H,1-2H3. The second kappa shape index (κ2) is 4.87. The second-order valence-corrected chi connectivity index (χ2v) is 4.12. The van der Waals surface area contributed by atoms with Gasteiger partial charge in [-0.3, -0.25) is 0 Å². The first-order valence-electron chi connectivity index (χ1n) is 5.13. The molecule has 1 atom stereocenters. The summed E-state index contributed by atoms with van der Waals surface area (Å²) in [5.41, 5.74) is 2.63. The first-order chi connectivity index (χ1) is 8.11. The molecule has 17 heavy (non-hydrogen) atoms. The number of aryl methyl sites for hydroxylation is 1. The summed E-state index contributed by atoms with van der Waals surface area (Å²) in [5.74, 6) is 0. The lowest BCUT2D eigenvalue weighted by Gasteiger charge is -2.08. The third kappa shape index (κ3) is 2.49. The predicted octanol–water partition coefficient (Wildman–Crippen LogP) is 2.47. The second-order valence-electron chi connectivity index (χ2n) is 3.73. The number of rotatable bonds is 3. The molecule has 2 rings (SSSR count). The molecule has 0 aliphatic rings. The molecule has 0 bridgehead atoms. The highest BCUT2D eigenvalue weighted by atomic mass is 35.5. The van der Waals surface area contributed by atoms with Gasteiger partial charge in [-0.25, -0.2) is 4.98 Å². The average molecular weight is 253 g/mol. The van der Waals surface area contributed by atoms with Crippen LogP contribution in [-0.2, 0) is 4.74 Å². The van der Waals surface area contributed by atoms with Crippen molar-refractivity contribution < 1.29 is 9.84 Å². The van der Waals surface area contributed by atoms with Gasteiger partial charge in [0.15, 0.2) is 6.29 Å². The summed E-state index contributed by atoms with van der Waals surface area (Å²) in [6, 6.07) is 3.57. The number of pyridine rings is 1. The summed E-state index contributed by atoms with van der Waals surface area (Å²) in [7, 11) is 1.45. The van der Waals surface area contributed by atoms with E-state index in [0.29, 0.717) is 10.7 Å². The third-order valence-electron chi connectivity index (χ3n) is 2.54. The van der Waals surface area contributed by atoms with Crippen LogP contribution in [-0.4, -0.2) is 21.8 Å². The van der Waals surface area contributed by atoms with Crippen molar-refractivity contribution in [2.75, 3.05) is 7.11 Å². The lowest BCUT2D eigenvalue weighted by Crippen LogP contribution is -1.99. The van der Waals surface area contributed by atoms with Gasteiger partial charge in [0.25, 0.3) is 0 Å². The molecule has 0 saturated heterocycles. The maximum Gasteiger partial charge on any atom is 0.182 e. The Morgan fingerprint density at radius 1 is 1.53 bits per heavy atom. The van der Waals surface area contributed by atoms with Gasteiger partial charge < -0.3 is 14.4 Å². The first kappa shape index (κ1) is 12.1. The lowest BCUT2D eigenvalue weighted by molar-refractivity contribution is -0.0768. The topological polar surface area (TPSA) is 47.3 Å². The zero-order valence-corrected chi connectivity index (χ0v) is 10.3. The van der Waals surface area contributed by atoms with Gasteiger partial charge in [-0.05, 0) is 24.6 Å². The van der Waals surface area contributed by atoms with Crippen molar-refractivity contribution in [3.8, 4) is 5.69 Å².